The molecule has 1 saturated heterocycles. The number of amides is 2. The molecule has 2 aromatic heterocycles. The molecule has 0 radical (unpaired) electrons. The Kier molecular flexibility index (Phi) is 9.20. The van der Waals surface area contributed by atoms with Gasteiger partial charge in [-0.05, 0) is 38.0 Å². The number of carbonyl (C=O) groups is 2. The number of likely N-dealkylation sites (N-methyl/N-ethyl adjacent to an activating group) is 1. The molecule has 1 atom stereocenters. The summed E-state index contributed by atoms with van der Waals surface area (Å²) < 4.78 is 26.3. The Hall–Kier alpha value is -4.06. The molecule has 202 valence electrons. The molecule has 11 nitrogen and oxygen atoms in total. The summed E-state index contributed by atoms with van der Waals surface area (Å²) in [5, 5.41) is 6.90. The van der Waals surface area contributed by atoms with E-state index in [4.69, 9.17) is 9.47 Å². The maximum atomic E-state index is 13.3. The lowest BCUT2D eigenvalue weighted by Gasteiger charge is -2.33. The molecule has 0 saturated carbocycles. The van der Waals surface area contributed by atoms with E-state index in [2.05, 4.69) is 20.4 Å². The number of anilines is 2. The standard InChI is InChI=1S/C26H32FN7O4/c1-19-5-7-21(8-6-19)37-13-12-32(2)25(36)17-34-15-20(14-29-34)30-24(35)18-38-22-4-3-11-33(16-22)23-9-10-28-26(27)31-23/h5-10,14-15,22H,3-4,11-13,16-18H2,1-2H3,(H,30,35). The minimum atomic E-state index is -0.772. The summed E-state index contributed by atoms with van der Waals surface area (Å²) in [6.45, 7) is 3.96. The number of hydrogen-bond donors (Lipinski definition) is 1. The second kappa shape index (κ2) is 13.0. The summed E-state index contributed by atoms with van der Waals surface area (Å²) in [6, 6.07) is 9.39. The van der Waals surface area contributed by atoms with Crippen molar-refractivity contribution in [1.82, 2.24) is 24.6 Å². The average Bonchev–Trinajstić information content (AvgIpc) is 3.35. The largest absolute Gasteiger partial charge is 0.492 e. The summed E-state index contributed by atoms with van der Waals surface area (Å²) in [6.07, 6.45) is 5.13. The Morgan fingerprint density at radius 1 is 1.24 bits per heavy atom. The molecule has 3 heterocycles. The van der Waals surface area contributed by atoms with Crippen LogP contribution in [0.5, 0.6) is 5.75 Å². The number of nitrogens with zero attached hydrogens (tertiary/aromatic N) is 6. The van der Waals surface area contributed by atoms with Gasteiger partial charge in [0.2, 0.25) is 11.8 Å². The quantitative estimate of drug-likeness (QED) is 0.379. The normalized spacial score (nSPS) is 15.2. The maximum absolute atomic E-state index is 13.3. The zero-order valence-corrected chi connectivity index (χ0v) is 21.5. The monoisotopic (exact) mass is 525 g/mol. The number of aryl methyl sites for hydroxylation is 1. The smallest absolute Gasteiger partial charge is 0.310 e. The van der Waals surface area contributed by atoms with Crippen LogP contribution in [0.2, 0.25) is 0 Å². The Morgan fingerprint density at radius 2 is 2.05 bits per heavy atom. The van der Waals surface area contributed by atoms with Crippen LogP contribution in [0.4, 0.5) is 15.9 Å². The van der Waals surface area contributed by atoms with Crippen LogP contribution >= 0.6 is 0 Å². The van der Waals surface area contributed by atoms with Gasteiger partial charge in [0.1, 0.15) is 31.3 Å². The summed E-state index contributed by atoms with van der Waals surface area (Å²) in [4.78, 5) is 35.7. The Morgan fingerprint density at radius 3 is 2.84 bits per heavy atom. The number of benzene rings is 1. The van der Waals surface area contributed by atoms with E-state index in [1.54, 1.807) is 24.2 Å². The lowest BCUT2D eigenvalue weighted by atomic mass is 10.1. The van der Waals surface area contributed by atoms with Crippen molar-refractivity contribution in [2.75, 3.05) is 50.1 Å². The number of aromatic nitrogens is 4. The van der Waals surface area contributed by atoms with E-state index in [0.717, 1.165) is 30.7 Å². The molecular formula is C26H32FN7O4. The SMILES string of the molecule is Cc1ccc(OCCN(C)C(=O)Cn2cc(NC(=O)COC3CCCN(c4ccnc(F)n4)C3)cn2)cc1. The first-order valence-electron chi connectivity index (χ1n) is 12.5. The van der Waals surface area contributed by atoms with Crippen molar-refractivity contribution in [2.45, 2.75) is 32.4 Å². The topological polar surface area (TPSA) is 115 Å². The Bertz CT molecular complexity index is 1220. The number of halogens is 1. The van der Waals surface area contributed by atoms with Crippen molar-refractivity contribution >= 4 is 23.3 Å². The number of ether oxygens (including phenoxy) is 2. The first kappa shape index (κ1) is 27.0. The average molecular weight is 526 g/mol. The molecule has 0 spiro atoms. The van der Waals surface area contributed by atoms with Crippen molar-refractivity contribution in [1.29, 1.82) is 0 Å². The zero-order valence-electron chi connectivity index (χ0n) is 21.5. The minimum Gasteiger partial charge on any atom is -0.492 e. The van der Waals surface area contributed by atoms with E-state index < -0.39 is 6.08 Å². The van der Waals surface area contributed by atoms with Crippen LogP contribution in [0, 0.1) is 13.0 Å². The summed E-state index contributed by atoms with van der Waals surface area (Å²) in [7, 11) is 1.71. The van der Waals surface area contributed by atoms with E-state index in [0.29, 0.717) is 31.2 Å². The number of piperidine rings is 1. The van der Waals surface area contributed by atoms with Gasteiger partial charge >= 0.3 is 6.08 Å². The van der Waals surface area contributed by atoms with Gasteiger partial charge in [-0.2, -0.15) is 14.5 Å². The van der Waals surface area contributed by atoms with Gasteiger partial charge in [-0.15, -0.1) is 0 Å². The molecule has 3 aromatic rings. The van der Waals surface area contributed by atoms with Gasteiger partial charge in [0.05, 0.1) is 24.5 Å². The molecule has 1 fully saturated rings. The maximum Gasteiger partial charge on any atom is 0.310 e. The molecule has 1 aliphatic rings. The molecule has 2 amide bonds. The molecule has 12 heteroatoms. The lowest BCUT2D eigenvalue weighted by Crippen LogP contribution is -2.41. The van der Waals surface area contributed by atoms with Crippen LogP contribution in [0.15, 0.2) is 48.9 Å². The number of nitrogens with one attached hydrogen (secondary N) is 1. The zero-order chi connectivity index (χ0) is 26.9. The van der Waals surface area contributed by atoms with Gasteiger partial charge in [-0.1, -0.05) is 17.7 Å². The van der Waals surface area contributed by atoms with E-state index in [1.807, 2.05) is 36.1 Å². The molecule has 38 heavy (non-hydrogen) atoms. The van der Waals surface area contributed by atoms with Crippen molar-refractivity contribution in [3.05, 3.63) is 60.6 Å². The first-order chi connectivity index (χ1) is 18.4. The highest BCUT2D eigenvalue weighted by atomic mass is 19.1. The molecule has 1 N–H and O–H groups in total. The van der Waals surface area contributed by atoms with E-state index >= 15 is 0 Å². The van der Waals surface area contributed by atoms with Crippen LogP contribution in [0.3, 0.4) is 0 Å². The van der Waals surface area contributed by atoms with E-state index in [-0.39, 0.29) is 31.1 Å². The first-order valence-corrected chi connectivity index (χ1v) is 12.5. The fraction of sp³-hybridized carbons (Fsp3) is 0.423. The van der Waals surface area contributed by atoms with Crippen molar-refractivity contribution in [3.8, 4) is 5.75 Å². The van der Waals surface area contributed by atoms with Crippen molar-refractivity contribution < 1.29 is 23.5 Å². The van der Waals surface area contributed by atoms with Gasteiger partial charge in [0, 0.05) is 32.5 Å². The third-order valence-electron chi connectivity index (χ3n) is 6.12. The minimum absolute atomic E-state index is 0.0367. The highest BCUT2D eigenvalue weighted by Crippen LogP contribution is 2.19. The Labute approximate surface area is 220 Å². The summed E-state index contributed by atoms with van der Waals surface area (Å²) in [5.41, 5.74) is 1.62. The third kappa shape index (κ3) is 7.97. The molecule has 0 aliphatic carbocycles. The second-order valence-corrected chi connectivity index (χ2v) is 9.16. The highest BCUT2D eigenvalue weighted by Gasteiger charge is 2.23. The molecule has 1 aromatic carbocycles. The summed E-state index contributed by atoms with van der Waals surface area (Å²) in [5.74, 6) is 0.801. The molecule has 4 rings (SSSR count). The second-order valence-electron chi connectivity index (χ2n) is 9.16. The molecular weight excluding hydrogens is 493 g/mol. The van der Waals surface area contributed by atoms with Crippen molar-refractivity contribution in [2.24, 2.45) is 0 Å². The molecule has 0 bridgehead atoms. The van der Waals surface area contributed by atoms with E-state index in [9.17, 15) is 14.0 Å². The lowest BCUT2D eigenvalue weighted by molar-refractivity contribution is -0.131. The van der Waals surface area contributed by atoms with Gasteiger partial charge < -0.3 is 24.6 Å². The fourth-order valence-corrected chi connectivity index (χ4v) is 4.01. The van der Waals surface area contributed by atoms with Crippen LogP contribution in [-0.4, -0.2) is 82.5 Å². The molecule has 1 aliphatic heterocycles. The van der Waals surface area contributed by atoms with Gasteiger partial charge in [0.25, 0.3) is 0 Å². The van der Waals surface area contributed by atoms with Gasteiger partial charge in [-0.25, -0.2) is 4.98 Å². The fourth-order valence-electron chi connectivity index (χ4n) is 4.01. The van der Waals surface area contributed by atoms with Gasteiger partial charge in [-0.3, -0.25) is 14.3 Å². The Balaban J connectivity index is 1.16. The predicted octanol–water partition coefficient (Wildman–Crippen LogP) is 2.28. The highest BCUT2D eigenvalue weighted by molar-refractivity contribution is 5.91. The number of carbonyl (C=O) groups excluding carboxylic acids is 2. The number of rotatable bonds is 11. The van der Waals surface area contributed by atoms with Crippen LogP contribution in [0.25, 0.3) is 0 Å². The predicted molar refractivity (Wildman–Crippen MR) is 138 cm³/mol. The van der Waals surface area contributed by atoms with Crippen LogP contribution in [-0.2, 0) is 20.9 Å². The third-order valence-corrected chi connectivity index (χ3v) is 6.12. The number of hydrogen-bond acceptors (Lipinski definition) is 8. The van der Waals surface area contributed by atoms with E-state index in [1.165, 1.54) is 17.1 Å². The summed E-state index contributed by atoms with van der Waals surface area (Å²) >= 11 is 0. The van der Waals surface area contributed by atoms with Crippen molar-refractivity contribution in [3.63, 3.8) is 0 Å². The molecule has 1 unspecified atom stereocenters. The van der Waals surface area contributed by atoms with Gasteiger partial charge in [0.15, 0.2) is 0 Å². The van der Waals surface area contributed by atoms with Crippen LogP contribution < -0.4 is 15.0 Å². The van der Waals surface area contributed by atoms with Crippen LogP contribution in [0.1, 0.15) is 18.4 Å².